The molecule has 0 aliphatic carbocycles. The first-order valence-electron chi connectivity index (χ1n) is 9.80. The number of hydrogen-bond acceptors (Lipinski definition) is 2. The van der Waals surface area contributed by atoms with Crippen LogP contribution in [-0.2, 0) is 9.84 Å². The van der Waals surface area contributed by atoms with E-state index in [1.165, 1.54) is 0 Å². The molecule has 2 unspecified atom stereocenters. The molecule has 0 saturated heterocycles. The van der Waals surface area contributed by atoms with Gasteiger partial charge in [-0.2, -0.15) is 0 Å². The summed E-state index contributed by atoms with van der Waals surface area (Å²) in [6.07, 6.45) is 0. The second-order valence-electron chi connectivity index (χ2n) is 7.27. The predicted octanol–water partition coefficient (Wildman–Crippen LogP) is 7.29. The standard InChI is InChI=1S/C26H20Cl2O2S/c27-23-15-11-21(12-16-23)25(19-7-3-1-4-8-19)31(29,30)26(20-9-5-2-6-10-20)22-13-17-24(28)18-14-22/h1-18,25-26H. The highest BCUT2D eigenvalue weighted by atomic mass is 35.5. The second kappa shape index (κ2) is 9.27. The van der Waals surface area contributed by atoms with Crippen LogP contribution in [0.4, 0.5) is 0 Å². The van der Waals surface area contributed by atoms with Gasteiger partial charge in [-0.25, -0.2) is 8.42 Å². The third-order valence-corrected chi connectivity index (χ3v) is 8.11. The summed E-state index contributed by atoms with van der Waals surface area (Å²) in [7, 11) is -3.79. The zero-order valence-electron chi connectivity index (χ0n) is 16.5. The van der Waals surface area contributed by atoms with E-state index in [4.69, 9.17) is 23.2 Å². The fourth-order valence-electron chi connectivity index (χ4n) is 3.81. The molecule has 2 nitrogen and oxygen atoms in total. The molecule has 0 saturated carbocycles. The van der Waals surface area contributed by atoms with Crippen molar-refractivity contribution in [2.24, 2.45) is 0 Å². The molecule has 0 radical (unpaired) electrons. The zero-order valence-corrected chi connectivity index (χ0v) is 18.9. The lowest BCUT2D eigenvalue weighted by Gasteiger charge is -2.26. The summed E-state index contributed by atoms with van der Waals surface area (Å²) in [5, 5.41) is -0.589. The normalized spacial score (nSPS) is 13.5. The zero-order chi connectivity index (χ0) is 21.8. The fraction of sp³-hybridized carbons (Fsp3) is 0.0769. The van der Waals surface area contributed by atoms with E-state index >= 15 is 0 Å². The topological polar surface area (TPSA) is 34.1 Å². The average Bonchev–Trinajstić information content (AvgIpc) is 2.78. The summed E-state index contributed by atoms with van der Waals surface area (Å²) in [4.78, 5) is 0. The molecule has 31 heavy (non-hydrogen) atoms. The van der Waals surface area contributed by atoms with Gasteiger partial charge < -0.3 is 0 Å². The van der Waals surface area contributed by atoms with Crippen molar-refractivity contribution < 1.29 is 8.42 Å². The van der Waals surface area contributed by atoms with Gasteiger partial charge in [-0.15, -0.1) is 0 Å². The van der Waals surface area contributed by atoms with Crippen molar-refractivity contribution in [3.63, 3.8) is 0 Å². The van der Waals surface area contributed by atoms with Crippen LogP contribution in [0, 0.1) is 0 Å². The molecule has 2 atom stereocenters. The molecule has 4 aromatic carbocycles. The predicted molar refractivity (Wildman–Crippen MR) is 128 cm³/mol. The number of halogens is 2. The Bertz CT molecular complexity index is 1140. The van der Waals surface area contributed by atoms with Crippen molar-refractivity contribution >= 4 is 33.0 Å². The van der Waals surface area contributed by atoms with Crippen LogP contribution in [0.15, 0.2) is 109 Å². The van der Waals surface area contributed by atoms with Crippen LogP contribution in [-0.4, -0.2) is 8.42 Å². The first kappa shape index (κ1) is 21.6. The molecule has 0 bridgehead atoms. The SMILES string of the molecule is O=S(=O)(C(c1ccccc1)c1ccc(Cl)cc1)C(c1ccccc1)c1ccc(Cl)cc1. The van der Waals surface area contributed by atoms with Gasteiger partial charge in [-0.3, -0.25) is 0 Å². The quantitative estimate of drug-likeness (QED) is 0.299. The van der Waals surface area contributed by atoms with Crippen molar-refractivity contribution in [1.29, 1.82) is 0 Å². The Balaban J connectivity index is 1.94. The van der Waals surface area contributed by atoms with Gasteiger partial charge in [-0.05, 0) is 46.5 Å². The number of rotatable bonds is 6. The van der Waals surface area contributed by atoms with E-state index in [9.17, 15) is 8.42 Å². The summed E-state index contributed by atoms with van der Waals surface area (Å²) >= 11 is 12.2. The largest absolute Gasteiger partial charge is 0.227 e. The van der Waals surface area contributed by atoms with Crippen LogP contribution in [0.2, 0.25) is 10.0 Å². The molecule has 0 amide bonds. The summed E-state index contributed by atoms with van der Waals surface area (Å²) < 4.78 is 28.7. The van der Waals surface area contributed by atoms with Crippen molar-refractivity contribution in [3.05, 3.63) is 141 Å². The lowest BCUT2D eigenvalue weighted by Crippen LogP contribution is -2.23. The van der Waals surface area contributed by atoms with Crippen LogP contribution in [0.5, 0.6) is 0 Å². The highest BCUT2D eigenvalue weighted by Gasteiger charge is 2.38. The van der Waals surface area contributed by atoms with Crippen LogP contribution in [0.25, 0.3) is 0 Å². The van der Waals surface area contributed by atoms with E-state index in [-0.39, 0.29) is 0 Å². The number of benzene rings is 4. The van der Waals surface area contributed by atoms with Crippen molar-refractivity contribution in [3.8, 4) is 0 Å². The molecule has 5 heteroatoms. The highest BCUT2D eigenvalue weighted by molar-refractivity contribution is 7.92. The molecule has 0 fully saturated rings. The van der Waals surface area contributed by atoms with Crippen molar-refractivity contribution in [2.75, 3.05) is 0 Å². The smallest absolute Gasteiger partial charge is 0.172 e. The Morgan fingerprint density at radius 3 is 1.06 bits per heavy atom. The molecule has 0 aliphatic heterocycles. The fourth-order valence-corrected chi connectivity index (χ4v) is 6.48. The van der Waals surface area contributed by atoms with Gasteiger partial charge in [-0.1, -0.05) is 108 Å². The van der Waals surface area contributed by atoms with Crippen LogP contribution in [0.3, 0.4) is 0 Å². The van der Waals surface area contributed by atoms with E-state index in [2.05, 4.69) is 0 Å². The van der Waals surface area contributed by atoms with Crippen LogP contribution in [0.1, 0.15) is 32.8 Å². The Hall–Kier alpha value is -2.59. The molecule has 0 spiro atoms. The van der Waals surface area contributed by atoms with Gasteiger partial charge in [0.2, 0.25) is 0 Å². The molecular formula is C26H20Cl2O2S. The van der Waals surface area contributed by atoms with E-state index in [1.54, 1.807) is 48.5 Å². The summed E-state index contributed by atoms with van der Waals surface area (Å²) in [6.45, 7) is 0. The number of sulfone groups is 1. The molecule has 4 rings (SSSR count). The van der Waals surface area contributed by atoms with E-state index < -0.39 is 20.3 Å². The third-order valence-electron chi connectivity index (χ3n) is 5.21. The monoisotopic (exact) mass is 466 g/mol. The molecule has 0 aromatic heterocycles. The first-order chi connectivity index (χ1) is 15.0. The molecule has 156 valence electrons. The van der Waals surface area contributed by atoms with Gasteiger partial charge in [0, 0.05) is 10.0 Å². The van der Waals surface area contributed by atoms with Gasteiger partial charge in [0.1, 0.15) is 10.5 Å². The average molecular weight is 467 g/mol. The van der Waals surface area contributed by atoms with Crippen molar-refractivity contribution in [2.45, 2.75) is 10.5 Å². The minimum Gasteiger partial charge on any atom is -0.227 e. The molecular weight excluding hydrogens is 447 g/mol. The Morgan fingerprint density at radius 2 is 0.742 bits per heavy atom. The van der Waals surface area contributed by atoms with Crippen LogP contribution >= 0.6 is 23.2 Å². The molecule has 0 N–H and O–H groups in total. The highest BCUT2D eigenvalue weighted by Crippen LogP contribution is 2.42. The third kappa shape index (κ3) is 4.69. The molecule has 0 aliphatic rings. The van der Waals surface area contributed by atoms with Gasteiger partial charge >= 0.3 is 0 Å². The van der Waals surface area contributed by atoms with Gasteiger partial charge in [0.15, 0.2) is 9.84 Å². The molecule has 4 aromatic rings. The van der Waals surface area contributed by atoms with Gasteiger partial charge in [0.25, 0.3) is 0 Å². The second-order valence-corrected chi connectivity index (χ2v) is 10.3. The summed E-state index contributed by atoms with van der Waals surface area (Å²) in [5.41, 5.74) is 2.76. The Labute approximate surface area is 193 Å². The molecule has 0 heterocycles. The number of hydrogen-bond donors (Lipinski definition) is 0. The van der Waals surface area contributed by atoms with Gasteiger partial charge in [0.05, 0.1) is 0 Å². The Kier molecular flexibility index (Phi) is 6.47. The lowest BCUT2D eigenvalue weighted by molar-refractivity contribution is 0.582. The first-order valence-corrected chi connectivity index (χ1v) is 12.2. The summed E-state index contributed by atoms with van der Waals surface area (Å²) in [5.74, 6) is 0. The minimum atomic E-state index is -3.79. The van der Waals surface area contributed by atoms with Crippen LogP contribution < -0.4 is 0 Å². The summed E-state index contributed by atoms with van der Waals surface area (Å²) in [6, 6.07) is 32.6. The Morgan fingerprint density at radius 1 is 0.452 bits per heavy atom. The maximum Gasteiger partial charge on any atom is 0.172 e. The lowest BCUT2D eigenvalue weighted by atomic mass is 10.0. The van der Waals surface area contributed by atoms with E-state index in [0.29, 0.717) is 32.3 Å². The van der Waals surface area contributed by atoms with E-state index in [1.807, 2.05) is 60.7 Å². The van der Waals surface area contributed by atoms with E-state index in [0.717, 1.165) is 0 Å². The maximum atomic E-state index is 14.3. The minimum absolute atomic E-state index is 0.560. The maximum absolute atomic E-state index is 14.3. The van der Waals surface area contributed by atoms with Crippen molar-refractivity contribution in [1.82, 2.24) is 0 Å².